The minimum Gasteiger partial charge on any atom is -0.457 e. The van der Waals surface area contributed by atoms with Gasteiger partial charge < -0.3 is 15.4 Å². The molecule has 4 rings (SSSR count). The number of allylic oxidation sites excluding steroid dienone is 1. The molecule has 1 aliphatic rings. The third-order valence-electron chi connectivity index (χ3n) is 5.02. The number of ketones is 1. The normalized spacial score (nSPS) is 15.9. The maximum atomic E-state index is 13.2. The molecule has 1 heterocycles. The third kappa shape index (κ3) is 4.26. The van der Waals surface area contributed by atoms with Gasteiger partial charge in [-0.25, -0.2) is 0 Å². The number of hydrogen-bond donors (Lipinski definition) is 2. The lowest BCUT2D eigenvalue weighted by atomic mass is 9.90. The highest BCUT2D eigenvalue weighted by Crippen LogP contribution is 2.31. The smallest absolute Gasteiger partial charge is 0.193 e. The minimum atomic E-state index is -0.333. The highest BCUT2D eigenvalue weighted by Gasteiger charge is 2.30. The van der Waals surface area contributed by atoms with Gasteiger partial charge in [0, 0.05) is 16.8 Å². The second-order valence-electron chi connectivity index (χ2n) is 7.25. The average Bonchev–Trinajstić information content (AvgIpc) is 2.75. The van der Waals surface area contributed by atoms with E-state index in [4.69, 9.17) is 17.0 Å². The molecule has 4 nitrogen and oxygen atoms in total. The van der Waals surface area contributed by atoms with Crippen molar-refractivity contribution in [3.05, 3.63) is 107 Å². The van der Waals surface area contributed by atoms with Gasteiger partial charge in [-0.15, -0.1) is 0 Å². The van der Waals surface area contributed by atoms with Crippen LogP contribution in [0.15, 0.2) is 90.1 Å². The van der Waals surface area contributed by atoms with Gasteiger partial charge in [0.05, 0.1) is 6.04 Å². The molecule has 0 spiro atoms. The number of ether oxygens (including phenoxy) is 1. The van der Waals surface area contributed by atoms with E-state index in [2.05, 4.69) is 10.6 Å². The first kappa shape index (κ1) is 19.9. The van der Waals surface area contributed by atoms with Crippen molar-refractivity contribution in [2.75, 3.05) is 0 Å². The molecule has 0 saturated carbocycles. The van der Waals surface area contributed by atoms with Crippen molar-refractivity contribution in [3.8, 4) is 11.5 Å². The fraction of sp³-hybridized carbons (Fsp3) is 0.120. The Morgan fingerprint density at radius 1 is 0.867 bits per heavy atom. The Morgan fingerprint density at radius 3 is 2.10 bits per heavy atom. The lowest BCUT2D eigenvalue weighted by Gasteiger charge is -2.30. The van der Waals surface area contributed by atoms with E-state index < -0.39 is 0 Å². The Labute approximate surface area is 181 Å². The van der Waals surface area contributed by atoms with Crippen molar-refractivity contribution in [3.63, 3.8) is 0 Å². The van der Waals surface area contributed by atoms with Crippen LogP contribution in [0, 0.1) is 6.92 Å². The summed E-state index contributed by atoms with van der Waals surface area (Å²) in [6.07, 6.45) is 0. The molecule has 0 amide bonds. The van der Waals surface area contributed by atoms with Gasteiger partial charge in [-0.05, 0) is 55.9 Å². The lowest BCUT2D eigenvalue weighted by Crippen LogP contribution is -2.44. The summed E-state index contributed by atoms with van der Waals surface area (Å²) in [6, 6.07) is 24.6. The van der Waals surface area contributed by atoms with Gasteiger partial charge in [0.25, 0.3) is 0 Å². The van der Waals surface area contributed by atoms with Gasteiger partial charge in [-0.2, -0.15) is 0 Å². The summed E-state index contributed by atoms with van der Waals surface area (Å²) in [5.41, 5.74) is 4.18. The zero-order valence-corrected chi connectivity index (χ0v) is 17.6. The Bertz CT molecular complexity index is 1100. The van der Waals surface area contributed by atoms with Crippen LogP contribution in [0.5, 0.6) is 11.5 Å². The molecular formula is C25H22N2O2S. The van der Waals surface area contributed by atoms with E-state index in [1.54, 1.807) is 0 Å². The predicted molar refractivity (Wildman–Crippen MR) is 123 cm³/mol. The number of carbonyl (C=O) groups is 1. The van der Waals surface area contributed by atoms with E-state index in [9.17, 15) is 4.79 Å². The van der Waals surface area contributed by atoms with Crippen molar-refractivity contribution >= 4 is 23.1 Å². The van der Waals surface area contributed by atoms with Crippen molar-refractivity contribution in [1.29, 1.82) is 0 Å². The van der Waals surface area contributed by atoms with E-state index in [-0.39, 0.29) is 11.8 Å². The number of thiocarbonyl (C=S) groups is 1. The Kier molecular flexibility index (Phi) is 5.63. The summed E-state index contributed by atoms with van der Waals surface area (Å²) in [6.45, 7) is 3.92. The number of aryl methyl sites for hydroxylation is 1. The molecule has 5 heteroatoms. The standard InChI is InChI=1S/C25H22N2O2S/c1-16-8-12-20(13-9-16)29-21-14-10-18(11-15-21)23-22(17(2)26-25(30)27-23)24(28)19-6-4-3-5-7-19/h3-15,23H,1-2H3,(H2,26,27,30). The van der Waals surface area contributed by atoms with E-state index in [0.717, 1.165) is 22.8 Å². The molecule has 0 aliphatic carbocycles. The molecule has 0 fully saturated rings. The maximum absolute atomic E-state index is 13.2. The largest absolute Gasteiger partial charge is 0.457 e. The van der Waals surface area contributed by atoms with Gasteiger partial charge in [-0.1, -0.05) is 60.2 Å². The molecule has 0 bridgehead atoms. The Morgan fingerprint density at radius 2 is 1.47 bits per heavy atom. The molecule has 1 unspecified atom stereocenters. The molecule has 3 aromatic rings. The van der Waals surface area contributed by atoms with Crippen LogP contribution < -0.4 is 15.4 Å². The summed E-state index contributed by atoms with van der Waals surface area (Å²) < 4.78 is 5.92. The number of Topliss-reactive ketones (excluding diaryl/α,β-unsaturated/α-hetero) is 1. The van der Waals surface area contributed by atoms with Crippen molar-refractivity contribution in [2.45, 2.75) is 19.9 Å². The van der Waals surface area contributed by atoms with E-state index in [1.807, 2.05) is 92.7 Å². The molecule has 150 valence electrons. The first-order chi connectivity index (χ1) is 14.5. The number of carbonyl (C=O) groups excluding carboxylic acids is 1. The van der Waals surface area contributed by atoms with Gasteiger partial charge in [0.15, 0.2) is 10.9 Å². The van der Waals surface area contributed by atoms with Crippen LogP contribution in [0.3, 0.4) is 0 Å². The molecule has 2 N–H and O–H groups in total. The van der Waals surface area contributed by atoms with Crippen LogP contribution in [0.25, 0.3) is 0 Å². The maximum Gasteiger partial charge on any atom is 0.193 e. The quantitative estimate of drug-likeness (QED) is 0.429. The van der Waals surface area contributed by atoms with Crippen molar-refractivity contribution in [1.82, 2.24) is 10.6 Å². The summed E-state index contributed by atoms with van der Waals surface area (Å²) in [5, 5.41) is 6.82. The number of benzene rings is 3. The zero-order valence-electron chi connectivity index (χ0n) is 16.8. The van der Waals surface area contributed by atoms with Crippen LogP contribution in [0.4, 0.5) is 0 Å². The summed E-state index contributed by atoms with van der Waals surface area (Å²) in [5.74, 6) is 1.49. The first-order valence-corrected chi connectivity index (χ1v) is 10.1. The number of hydrogen-bond acceptors (Lipinski definition) is 3. The fourth-order valence-electron chi connectivity index (χ4n) is 3.46. The van der Waals surface area contributed by atoms with E-state index >= 15 is 0 Å². The molecule has 0 aromatic heterocycles. The van der Waals surface area contributed by atoms with Crippen molar-refractivity contribution < 1.29 is 9.53 Å². The SMILES string of the molecule is CC1=C(C(=O)c2ccccc2)C(c2ccc(Oc3ccc(C)cc3)cc2)NC(=S)N1. The lowest BCUT2D eigenvalue weighted by molar-refractivity contribution is 0.102. The molecule has 0 radical (unpaired) electrons. The average molecular weight is 415 g/mol. The molecule has 1 atom stereocenters. The monoisotopic (exact) mass is 414 g/mol. The number of nitrogens with one attached hydrogen (secondary N) is 2. The van der Waals surface area contributed by atoms with Crippen LogP contribution >= 0.6 is 12.2 Å². The van der Waals surface area contributed by atoms with E-state index in [0.29, 0.717) is 16.2 Å². The van der Waals surface area contributed by atoms with Crippen molar-refractivity contribution in [2.24, 2.45) is 0 Å². The number of rotatable bonds is 5. The van der Waals surface area contributed by atoms with Crippen LogP contribution in [-0.2, 0) is 0 Å². The first-order valence-electron chi connectivity index (χ1n) is 9.74. The molecule has 30 heavy (non-hydrogen) atoms. The summed E-state index contributed by atoms with van der Waals surface area (Å²) in [7, 11) is 0. The van der Waals surface area contributed by atoms with E-state index in [1.165, 1.54) is 5.56 Å². The highest BCUT2D eigenvalue weighted by atomic mass is 32.1. The summed E-state index contributed by atoms with van der Waals surface area (Å²) >= 11 is 5.35. The summed E-state index contributed by atoms with van der Waals surface area (Å²) in [4.78, 5) is 13.2. The second kappa shape index (κ2) is 8.51. The third-order valence-corrected chi connectivity index (χ3v) is 5.24. The zero-order chi connectivity index (χ0) is 21.1. The Balaban J connectivity index is 1.62. The minimum absolute atomic E-state index is 0.0272. The van der Waals surface area contributed by atoms with Gasteiger partial charge in [-0.3, -0.25) is 4.79 Å². The van der Waals surface area contributed by atoms with Crippen LogP contribution in [-0.4, -0.2) is 10.9 Å². The topological polar surface area (TPSA) is 50.4 Å². The Hall–Kier alpha value is -3.44. The predicted octanol–water partition coefficient (Wildman–Crippen LogP) is 5.46. The molecular weight excluding hydrogens is 392 g/mol. The van der Waals surface area contributed by atoms with Crippen LogP contribution in [0.1, 0.15) is 34.5 Å². The molecule has 1 aliphatic heterocycles. The van der Waals surface area contributed by atoms with Crippen LogP contribution in [0.2, 0.25) is 0 Å². The van der Waals surface area contributed by atoms with Gasteiger partial charge in [0.1, 0.15) is 11.5 Å². The molecule has 0 saturated heterocycles. The second-order valence-corrected chi connectivity index (χ2v) is 7.66. The molecule has 3 aromatic carbocycles. The highest BCUT2D eigenvalue weighted by molar-refractivity contribution is 7.80. The fourth-order valence-corrected chi connectivity index (χ4v) is 3.73. The van der Waals surface area contributed by atoms with Gasteiger partial charge >= 0.3 is 0 Å². The van der Waals surface area contributed by atoms with Gasteiger partial charge in [0.2, 0.25) is 0 Å².